The first-order valence-corrected chi connectivity index (χ1v) is 10.9. The van der Waals surface area contributed by atoms with Crippen LogP contribution in [0.2, 0.25) is 0 Å². The molecule has 186 valence electrons. The predicted octanol–water partition coefficient (Wildman–Crippen LogP) is 5.63. The highest BCUT2D eigenvalue weighted by molar-refractivity contribution is 6.04. The van der Waals surface area contributed by atoms with Gasteiger partial charge >= 0.3 is 6.18 Å². The molecule has 0 aliphatic rings. The fraction of sp³-hybridized carbons (Fsp3) is 0.0800. The molecule has 0 unspecified atom stereocenters. The first-order valence-electron chi connectivity index (χ1n) is 10.9. The van der Waals surface area contributed by atoms with Crippen LogP contribution in [0.5, 0.6) is 11.6 Å². The van der Waals surface area contributed by atoms with Gasteiger partial charge in [0.1, 0.15) is 17.4 Å². The number of hydrogen-bond acceptors (Lipinski definition) is 7. The van der Waals surface area contributed by atoms with Crippen LogP contribution in [0.3, 0.4) is 0 Å². The van der Waals surface area contributed by atoms with Gasteiger partial charge in [-0.15, -0.1) is 5.10 Å². The molecule has 37 heavy (non-hydrogen) atoms. The molecular formula is C25H18F3N7O2. The van der Waals surface area contributed by atoms with Crippen molar-refractivity contribution in [1.82, 2.24) is 24.6 Å². The van der Waals surface area contributed by atoms with Crippen molar-refractivity contribution in [3.05, 3.63) is 96.1 Å². The fourth-order valence-electron chi connectivity index (χ4n) is 3.43. The van der Waals surface area contributed by atoms with Crippen LogP contribution >= 0.6 is 0 Å². The van der Waals surface area contributed by atoms with Crippen molar-refractivity contribution in [2.45, 2.75) is 13.1 Å². The van der Waals surface area contributed by atoms with Crippen molar-refractivity contribution in [2.24, 2.45) is 0 Å². The van der Waals surface area contributed by atoms with Crippen molar-refractivity contribution in [3.63, 3.8) is 0 Å². The number of benzene rings is 2. The zero-order valence-corrected chi connectivity index (χ0v) is 19.2. The molecule has 0 saturated carbocycles. The van der Waals surface area contributed by atoms with Crippen LogP contribution in [0.15, 0.2) is 79.1 Å². The minimum atomic E-state index is -4.54. The zero-order chi connectivity index (χ0) is 26.0. The molecular weight excluding hydrogens is 487 g/mol. The standard InChI is InChI=1S/C25H18F3N7O2/c1-15-29-11-10-20(30-15)32-21-14-35-22(33-21)8-9-23(34-35)37-19-7-3-6-18(13-19)31-24(36)16-4-2-5-17(12-16)25(26,27)28/h2-14H,1H3,(H,31,36)(H,29,30,32). The number of aromatic nitrogens is 5. The van der Waals surface area contributed by atoms with E-state index in [9.17, 15) is 18.0 Å². The molecule has 3 aromatic heterocycles. The molecule has 0 atom stereocenters. The number of amides is 1. The highest BCUT2D eigenvalue weighted by Gasteiger charge is 2.30. The molecule has 2 aromatic carbocycles. The number of imidazole rings is 1. The Labute approximate surface area is 208 Å². The second-order valence-corrected chi connectivity index (χ2v) is 7.88. The molecule has 0 aliphatic heterocycles. The second kappa shape index (κ2) is 9.57. The molecule has 0 bridgehead atoms. The summed E-state index contributed by atoms with van der Waals surface area (Å²) in [5, 5.41) is 10.1. The Morgan fingerprint density at radius 2 is 1.81 bits per heavy atom. The summed E-state index contributed by atoms with van der Waals surface area (Å²) in [5.74, 6) is 1.69. The second-order valence-electron chi connectivity index (χ2n) is 7.88. The average Bonchev–Trinajstić information content (AvgIpc) is 3.25. The Balaban J connectivity index is 1.29. The van der Waals surface area contributed by atoms with Gasteiger partial charge in [-0.25, -0.2) is 19.5 Å². The van der Waals surface area contributed by atoms with E-state index >= 15 is 0 Å². The number of rotatable bonds is 6. The number of nitrogens with zero attached hydrogens (tertiary/aromatic N) is 5. The van der Waals surface area contributed by atoms with Gasteiger partial charge in [-0.3, -0.25) is 4.79 Å². The number of anilines is 3. The van der Waals surface area contributed by atoms with Crippen molar-refractivity contribution < 1.29 is 22.7 Å². The summed E-state index contributed by atoms with van der Waals surface area (Å²) in [6, 6.07) is 15.7. The first-order chi connectivity index (χ1) is 17.7. The maximum Gasteiger partial charge on any atom is 0.416 e. The molecule has 1 amide bonds. The van der Waals surface area contributed by atoms with E-state index in [0.717, 1.165) is 12.1 Å². The summed E-state index contributed by atoms with van der Waals surface area (Å²) >= 11 is 0. The predicted molar refractivity (Wildman–Crippen MR) is 129 cm³/mol. The molecule has 0 radical (unpaired) electrons. The van der Waals surface area contributed by atoms with Crippen molar-refractivity contribution in [2.75, 3.05) is 10.6 Å². The number of carbonyl (C=O) groups is 1. The summed E-state index contributed by atoms with van der Waals surface area (Å²) in [5.41, 5.74) is -0.100. The monoisotopic (exact) mass is 505 g/mol. The summed E-state index contributed by atoms with van der Waals surface area (Å²) in [7, 11) is 0. The van der Waals surface area contributed by atoms with E-state index in [-0.39, 0.29) is 11.4 Å². The van der Waals surface area contributed by atoms with Gasteiger partial charge in [-0.2, -0.15) is 13.2 Å². The Kier molecular flexibility index (Phi) is 6.14. The van der Waals surface area contributed by atoms with Gasteiger partial charge in [0, 0.05) is 29.6 Å². The fourth-order valence-corrected chi connectivity index (χ4v) is 3.43. The van der Waals surface area contributed by atoms with Gasteiger partial charge in [0.25, 0.3) is 5.91 Å². The van der Waals surface area contributed by atoms with Gasteiger partial charge < -0.3 is 15.4 Å². The molecule has 0 fully saturated rings. The summed E-state index contributed by atoms with van der Waals surface area (Å²) in [6.07, 6.45) is -1.23. The molecule has 5 aromatic rings. The third-order valence-corrected chi connectivity index (χ3v) is 5.09. The number of hydrogen-bond donors (Lipinski definition) is 2. The van der Waals surface area contributed by atoms with Gasteiger partial charge in [0.2, 0.25) is 5.88 Å². The van der Waals surface area contributed by atoms with Crippen molar-refractivity contribution in [3.8, 4) is 11.6 Å². The number of fused-ring (bicyclic) bond motifs is 1. The van der Waals surface area contributed by atoms with E-state index in [4.69, 9.17) is 4.74 Å². The Morgan fingerprint density at radius 1 is 0.973 bits per heavy atom. The molecule has 0 spiro atoms. The quantitative estimate of drug-likeness (QED) is 0.308. The van der Waals surface area contributed by atoms with E-state index in [0.29, 0.717) is 34.5 Å². The van der Waals surface area contributed by atoms with Gasteiger partial charge in [-0.1, -0.05) is 12.1 Å². The number of carbonyl (C=O) groups excluding carboxylic acids is 1. The SMILES string of the molecule is Cc1nccc(Nc2cn3nc(Oc4cccc(NC(=O)c5cccc(C(F)(F)F)c5)c4)ccc3n2)n1. The molecule has 5 rings (SSSR count). The normalized spacial score (nSPS) is 11.4. The van der Waals surface area contributed by atoms with E-state index < -0.39 is 17.6 Å². The summed E-state index contributed by atoms with van der Waals surface area (Å²) < 4.78 is 46.2. The molecule has 2 N–H and O–H groups in total. The largest absolute Gasteiger partial charge is 0.438 e. The average molecular weight is 505 g/mol. The van der Waals surface area contributed by atoms with Crippen molar-refractivity contribution in [1.29, 1.82) is 0 Å². The van der Waals surface area contributed by atoms with Crippen LogP contribution in [-0.2, 0) is 6.18 Å². The Hall–Kier alpha value is -5.00. The highest BCUT2D eigenvalue weighted by atomic mass is 19.4. The van der Waals surface area contributed by atoms with Crippen LogP contribution in [0.4, 0.5) is 30.5 Å². The lowest BCUT2D eigenvalue weighted by atomic mass is 10.1. The molecule has 9 nitrogen and oxygen atoms in total. The molecule has 12 heteroatoms. The highest BCUT2D eigenvalue weighted by Crippen LogP contribution is 2.30. The van der Waals surface area contributed by atoms with Gasteiger partial charge in [-0.05, 0) is 49.4 Å². The lowest BCUT2D eigenvalue weighted by molar-refractivity contribution is -0.137. The molecule has 0 aliphatic carbocycles. The summed E-state index contributed by atoms with van der Waals surface area (Å²) in [4.78, 5) is 25.3. The minimum absolute atomic E-state index is 0.116. The lowest BCUT2D eigenvalue weighted by Gasteiger charge is -2.10. The molecule has 0 saturated heterocycles. The van der Waals surface area contributed by atoms with Gasteiger partial charge in [0.05, 0.1) is 11.8 Å². The Bertz CT molecular complexity index is 1600. The zero-order valence-electron chi connectivity index (χ0n) is 19.2. The third-order valence-electron chi connectivity index (χ3n) is 5.09. The lowest BCUT2D eigenvalue weighted by Crippen LogP contribution is -2.13. The topological polar surface area (TPSA) is 106 Å². The van der Waals surface area contributed by atoms with Crippen molar-refractivity contribution >= 4 is 28.9 Å². The van der Waals surface area contributed by atoms with E-state index in [2.05, 4.69) is 30.7 Å². The maximum atomic E-state index is 13.0. The number of alkyl halides is 3. The number of ether oxygens (including phenoxy) is 1. The Morgan fingerprint density at radius 3 is 2.62 bits per heavy atom. The summed E-state index contributed by atoms with van der Waals surface area (Å²) in [6.45, 7) is 1.78. The van der Waals surface area contributed by atoms with E-state index in [1.807, 2.05) is 0 Å². The number of aryl methyl sites for hydroxylation is 1. The van der Waals surface area contributed by atoms with Crippen LogP contribution in [0, 0.1) is 6.92 Å². The van der Waals surface area contributed by atoms with Crippen LogP contribution in [-0.4, -0.2) is 30.5 Å². The minimum Gasteiger partial charge on any atom is -0.438 e. The number of halogens is 3. The third kappa shape index (κ3) is 5.64. The van der Waals surface area contributed by atoms with Crippen LogP contribution < -0.4 is 15.4 Å². The number of nitrogens with one attached hydrogen (secondary N) is 2. The smallest absolute Gasteiger partial charge is 0.416 e. The van der Waals surface area contributed by atoms with Crippen LogP contribution in [0.25, 0.3) is 5.65 Å². The van der Waals surface area contributed by atoms with E-state index in [1.54, 1.807) is 55.7 Å². The van der Waals surface area contributed by atoms with E-state index in [1.165, 1.54) is 22.7 Å². The van der Waals surface area contributed by atoms with Gasteiger partial charge in [0.15, 0.2) is 11.5 Å². The first kappa shape index (κ1) is 23.7. The molecule has 3 heterocycles. The maximum absolute atomic E-state index is 13.0. The van der Waals surface area contributed by atoms with Crippen LogP contribution in [0.1, 0.15) is 21.7 Å².